The van der Waals surface area contributed by atoms with Gasteiger partial charge in [0, 0.05) is 24.3 Å². The molecular formula is C14H21N3S. The molecular weight excluding hydrogens is 242 g/mol. The van der Waals surface area contributed by atoms with Crippen molar-refractivity contribution < 1.29 is 0 Å². The molecule has 0 bridgehead atoms. The summed E-state index contributed by atoms with van der Waals surface area (Å²) in [6.45, 7) is 0. The monoisotopic (exact) mass is 263 g/mol. The molecule has 0 amide bonds. The van der Waals surface area contributed by atoms with E-state index in [0.29, 0.717) is 12.5 Å². The van der Waals surface area contributed by atoms with Gasteiger partial charge in [-0.25, -0.2) is 0 Å². The number of thioether (sulfide) groups is 1. The van der Waals surface area contributed by atoms with Gasteiger partial charge < -0.3 is 5.73 Å². The third kappa shape index (κ3) is 3.27. The lowest BCUT2D eigenvalue weighted by Gasteiger charge is -2.33. The SMILES string of the molecule is CN(C1CCSC1)C(CC(=N)N)c1ccccc1. The Bertz CT molecular complexity index is 387. The molecule has 4 heteroatoms. The Morgan fingerprint density at radius 1 is 1.50 bits per heavy atom. The minimum atomic E-state index is 0.229. The van der Waals surface area contributed by atoms with Crippen molar-refractivity contribution in [3.63, 3.8) is 0 Å². The van der Waals surface area contributed by atoms with Crippen molar-refractivity contribution in [2.24, 2.45) is 5.73 Å². The van der Waals surface area contributed by atoms with E-state index in [1.807, 2.05) is 17.8 Å². The van der Waals surface area contributed by atoms with Gasteiger partial charge in [0.15, 0.2) is 0 Å². The zero-order valence-electron chi connectivity index (χ0n) is 10.8. The summed E-state index contributed by atoms with van der Waals surface area (Å²) in [6.07, 6.45) is 1.85. The van der Waals surface area contributed by atoms with Crippen LogP contribution in [-0.4, -0.2) is 35.3 Å². The topological polar surface area (TPSA) is 53.1 Å². The van der Waals surface area contributed by atoms with E-state index in [1.54, 1.807) is 0 Å². The summed E-state index contributed by atoms with van der Waals surface area (Å²) >= 11 is 2.02. The summed E-state index contributed by atoms with van der Waals surface area (Å²) in [6, 6.07) is 11.2. The average Bonchev–Trinajstić information content (AvgIpc) is 2.90. The largest absolute Gasteiger partial charge is 0.388 e. The molecule has 0 spiro atoms. The fourth-order valence-corrected chi connectivity index (χ4v) is 3.76. The van der Waals surface area contributed by atoms with Crippen molar-refractivity contribution in [3.05, 3.63) is 35.9 Å². The van der Waals surface area contributed by atoms with E-state index in [9.17, 15) is 0 Å². The van der Waals surface area contributed by atoms with Crippen LogP contribution in [-0.2, 0) is 0 Å². The van der Waals surface area contributed by atoms with Gasteiger partial charge >= 0.3 is 0 Å². The number of amidine groups is 1. The minimum Gasteiger partial charge on any atom is -0.388 e. The van der Waals surface area contributed by atoms with Crippen LogP contribution < -0.4 is 5.73 Å². The molecule has 1 heterocycles. The number of rotatable bonds is 5. The molecule has 1 aliphatic heterocycles. The van der Waals surface area contributed by atoms with Gasteiger partial charge in [-0.05, 0) is 24.8 Å². The van der Waals surface area contributed by atoms with Crippen molar-refractivity contribution in [2.75, 3.05) is 18.6 Å². The normalized spacial score (nSPS) is 21.1. The maximum absolute atomic E-state index is 7.58. The van der Waals surface area contributed by atoms with Crippen LogP contribution in [0.1, 0.15) is 24.4 Å². The molecule has 1 aliphatic rings. The molecule has 98 valence electrons. The van der Waals surface area contributed by atoms with Crippen LogP contribution in [0.5, 0.6) is 0 Å². The van der Waals surface area contributed by atoms with Crippen LogP contribution in [0, 0.1) is 5.41 Å². The number of hydrogen-bond donors (Lipinski definition) is 2. The fourth-order valence-electron chi connectivity index (χ4n) is 2.48. The van der Waals surface area contributed by atoms with E-state index in [-0.39, 0.29) is 11.9 Å². The Morgan fingerprint density at radius 3 is 2.78 bits per heavy atom. The first kappa shape index (κ1) is 13.4. The lowest BCUT2D eigenvalue weighted by atomic mass is 10.00. The Labute approximate surface area is 113 Å². The second kappa shape index (κ2) is 6.25. The molecule has 2 rings (SSSR count). The van der Waals surface area contributed by atoms with Gasteiger partial charge in [-0.15, -0.1) is 0 Å². The highest BCUT2D eigenvalue weighted by Gasteiger charge is 2.27. The highest BCUT2D eigenvalue weighted by Crippen LogP contribution is 2.30. The van der Waals surface area contributed by atoms with Gasteiger partial charge in [0.1, 0.15) is 0 Å². The summed E-state index contributed by atoms with van der Waals surface area (Å²) < 4.78 is 0. The maximum Gasteiger partial charge on any atom is 0.0924 e. The van der Waals surface area contributed by atoms with Crippen molar-refractivity contribution in [1.82, 2.24) is 4.90 Å². The number of nitrogens with two attached hydrogens (primary N) is 1. The Kier molecular flexibility index (Phi) is 4.66. The minimum absolute atomic E-state index is 0.229. The van der Waals surface area contributed by atoms with Gasteiger partial charge in [0.05, 0.1) is 5.84 Å². The second-order valence-corrected chi connectivity index (χ2v) is 5.99. The smallest absolute Gasteiger partial charge is 0.0924 e. The van der Waals surface area contributed by atoms with Crippen LogP contribution in [0.15, 0.2) is 30.3 Å². The quantitative estimate of drug-likeness (QED) is 0.634. The highest BCUT2D eigenvalue weighted by molar-refractivity contribution is 7.99. The van der Waals surface area contributed by atoms with Crippen LogP contribution in [0.25, 0.3) is 0 Å². The zero-order chi connectivity index (χ0) is 13.0. The fraction of sp³-hybridized carbons (Fsp3) is 0.500. The number of benzene rings is 1. The number of nitrogens with zero attached hydrogens (tertiary/aromatic N) is 1. The molecule has 2 atom stereocenters. The summed E-state index contributed by atoms with van der Waals surface area (Å²) in [5.74, 6) is 2.70. The van der Waals surface area contributed by atoms with Crippen LogP contribution in [0.3, 0.4) is 0 Å². The van der Waals surface area contributed by atoms with Gasteiger partial charge in [0.25, 0.3) is 0 Å². The second-order valence-electron chi connectivity index (χ2n) is 4.84. The van der Waals surface area contributed by atoms with Gasteiger partial charge in [0.2, 0.25) is 0 Å². The average molecular weight is 263 g/mol. The van der Waals surface area contributed by atoms with E-state index in [0.717, 1.165) is 0 Å². The van der Waals surface area contributed by atoms with Crippen LogP contribution in [0.4, 0.5) is 0 Å². The Balaban J connectivity index is 2.16. The molecule has 3 nitrogen and oxygen atoms in total. The van der Waals surface area contributed by atoms with E-state index in [2.05, 4.69) is 36.2 Å². The summed E-state index contributed by atoms with van der Waals surface area (Å²) in [4.78, 5) is 2.40. The lowest BCUT2D eigenvalue weighted by molar-refractivity contribution is 0.192. The molecule has 3 N–H and O–H groups in total. The molecule has 1 fully saturated rings. The molecule has 0 aromatic heterocycles. The molecule has 18 heavy (non-hydrogen) atoms. The van der Waals surface area contributed by atoms with Crippen molar-refractivity contribution in [3.8, 4) is 0 Å². The first-order valence-electron chi connectivity index (χ1n) is 6.36. The van der Waals surface area contributed by atoms with E-state index >= 15 is 0 Å². The lowest BCUT2D eigenvalue weighted by Crippen LogP contribution is -2.37. The predicted octanol–water partition coefficient (Wildman–Crippen LogP) is 2.49. The molecule has 1 aromatic carbocycles. The predicted molar refractivity (Wildman–Crippen MR) is 79.2 cm³/mol. The Hall–Kier alpha value is -1.00. The highest BCUT2D eigenvalue weighted by atomic mass is 32.2. The molecule has 0 radical (unpaired) electrons. The van der Waals surface area contributed by atoms with E-state index < -0.39 is 0 Å². The van der Waals surface area contributed by atoms with Crippen molar-refractivity contribution in [2.45, 2.75) is 24.9 Å². The van der Waals surface area contributed by atoms with Crippen LogP contribution in [0.2, 0.25) is 0 Å². The van der Waals surface area contributed by atoms with Gasteiger partial charge in [-0.1, -0.05) is 30.3 Å². The summed E-state index contributed by atoms with van der Waals surface area (Å²) in [5.41, 5.74) is 6.88. The van der Waals surface area contributed by atoms with Gasteiger partial charge in [-0.2, -0.15) is 11.8 Å². The molecule has 0 saturated carbocycles. The van der Waals surface area contributed by atoms with Gasteiger partial charge in [-0.3, -0.25) is 10.3 Å². The maximum atomic E-state index is 7.58. The van der Waals surface area contributed by atoms with E-state index in [1.165, 1.54) is 23.5 Å². The van der Waals surface area contributed by atoms with Crippen molar-refractivity contribution in [1.29, 1.82) is 5.41 Å². The summed E-state index contributed by atoms with van der Waals surface area (Å²) in [7, 11) is 2.16. The number of nitrogens with one attached hydrogen (secondary N) is 1. The summed E-state index contributed by atoms with van der Waals surface area (Å²) in [5, 5.41) is 7.58. The number of hydrogen-bond acceptors (Lipinski definition) is 3. The van der Waals surface area contributed by atoms with E-state index in [4.69, 9.17) is 11.1 Å². The third-order valence-electron chi connectivity index (χ3n) is 3.57. The molecule has 0 aliphatic carbocycles. The first-order chi connectivity index (χ1) is 8.68. The molecule has 2 unspecified atom stereocenters. The van der Waals surface area contributed by atoms with Crippen LogP contribution >= 0.6 is 11.8 Å². The molecule has 1 aromatic rings. The third-order valence-corrected chi connectivity index (χ3v) is 4.72. The first-order valence-corrected chi connectivity index (χ1v) is 7.51. The molecule has 1 saturated heterocycles. The Morgan fingerprint density at radius 2 is 2.22 bits per heavy atom. The van der Waals surface area contributed by atoms with Crippen molar-refractivity contribution >= 4 is 17.6 Å². The standard InChI is InChI=1S/C14H21N3S/c1-17(12-7-8-18-10-12)13(9-14(15)16)11-5-3-2-4-6-11/h2-6,12-13H,7-10H2,1H3,(H3,15,16). The zero-order valence-corrected chi connectivity index (χ0v) is 11.6.